The van der Waals surface area contributed by atoms with Crippen molar-refractivity contribution >= 4 is 10.0 Å². The van der Waals surface area contributed by atoms with Crippen molar-refractivity contribution in [3.63, 3.8) is 0 Å². The predicted octanol–water partition coefficient (Wildman–Crippen LogP) is 2.85. The minimum atomic E-state index is -3.65. The highest BCUT2D eigenvalue weighted by atomic mass is 32.2. The van der Waals surface area contributed by atoms with Gasteiger partial charge in [-0.3, -0.25) is 4.98 Å². The average Bonchev–Trinajstić information content (AvgIpc) is 3.03. The molecule has 0 amide bonds. The van der Waals surface area contributed by atoms with Gasteiger partial charge in [-0.25, -0.2) is 13.4 Å². The first-order chi connectivity index (χ1) is 10.9. The number of imidazole rings is 1. The smallest absolute Gasteiger partial charge is 0.262 e. The summed E-state index contributed by atoms with van der Waals surface area (Å²) in [5.74, 6) is 0. The minimum absolute atomic E-state index is 0.0930. The maximum atomic E-state index is 12.9. The van der Waals surface area contributed by atoms with Crippen molar-refractivity contribution in [2.75, 3.05) is 0 Å². The second kappa shape index (κ2) is 7.23. The Hall–Kier alpha value is -1.73. The number of hydrogen-bond donors (Lipinski definition) is 0. The van der Waals surface area contributed by atoms with Crippen LogP contribution in [0, 0.1) is 0 Å². The molecule has 0 aliphatic rings. The molecule has 0 spiro atoms. The van der Waals surface area contributed by atoms with E-state index in [0.717, 1.165) is 12.0 Å². The van der Waals surface area contributed by atoms with Crippen LogP contribution in [0.3, 0.4) is 0 Å². The number of hydrogen-bond acceptors (Lipinski definition) is 4. The van der Waals surface area contributed by atoms with Crippen molar-refractivity contribution in [1.29, 1.82) is 0 Å². The molecular formula is C16H24N4O2S. The highest BCUT2D eigenvalue weighted by Gasteiger charge is 2.29. The van der Waals surface area contributed by atoms with Crippen molar-refractivity contribution in [1.82, 2.24) is 18.8 Å². The summed E-state index contributed by atoms with van der Waals surface area (Å²) in [5, 5.41) is 0.0930. The monoisotopic (exact) mass is 336 g/mol. The number of sulfonamides is 1. The van der Waals surface area contributed by atoms with Gasteiger partial charge in [-0.15, -0.1) is 0 Å². The Bertz CT molecular complexity index is 726. The van der Waals surface area contributed by atoms with Crippen LogP contribution in [0.4, 0.5) is 0 Å². The van der Waals surface area contributed by atoms with Gasteiger partial charge in [-0.2, -0.15) is 4.31 Å². The van der Waals surface area contributed by atoms with Gasteiger partial charge in [0.1, 0.15) is 0 Å². The number of rotatable bonds is 7. The van der Waals surface area contributed by atoms with E-state index >= 15 is 0 Å². The molecule has 0 saturated carbocycles. The fraction of sp³-hybridized carbons (Fsp3) is 0.500. The fourth-order valence-electron chi connectivity index (χ4n) is 2.24. The second-order valence-corrected chi connectivity index (χ2v) is 7.76. The molecule has 0 bridgehead atoms. The Morgan fingerprint density at radius 1 is 1.30 bits per heavy atom. The molecule has 0 aromatic carbocycles. The Kier molecular flexibility index (Phi) is 5.54. The van der Waals surface area contributed by atoms with Gasteiger partial charge in [0, 0.05) is 37.2 Å². The molecule has 0 aliphatic carbocycles. The Labute approximate surface area is 138 Å². The molecule has 0 saturated heterocycles. The third kappa shape index (κ3) is 3.97. The van der Waals surface area contributed by atoms with Gasteiger partial charge >= 0.3 is 0 Å². The largest absolute Gasteiger partial charge is 0.333 e. The standard InChI is InChI=1S/C16H24N4O2S/c1-5-14(4)19-11-16(18-12-19)23(21,22)20(13(2)3)10-15-7-6-8-17-9-15/h6-9,11-14H,5,10H2,1-4H3/t14-/m0/s1. The van der Waals surface area contributed by atoms with E-state index in [-0.39, 0.29) is 23.7 Å². The van der Waals surface area contributed by atoms with Gasteiger partial charge in [0.15, 0.2) is 5.03 Å². The third-order valence-corrected chi connectivity index (χ3v) is 5.80. The van der Waals surface area contributed by atoms with Crippen LogP contribution in [0.1, 0.15) is 45.7 Å². The van der Waals surface area contributed by atoms with Crippen LogP contribution in [-0.2, 0) is 16.6 Å². The van der Waals surface area contributed by atoms with Crippen LogP contribution in [0.25, 0.3) is 0 Å². The summed E-state index contributed by atoms with van der Waals surface area (Å²) >= 11 is 0. The molecule has 6 nitrogen and oxygen atoms in total. The first-order valence-electron chi connectivity index (χ1n) is 7.80. The quantitative estimate of drug-likeness (QED) is 0.780. The summed E-state index contributed by atoms with van der Waals surface area (Å²) < 4.78 is 29.2. The van der Waals surface area contributed by atoms with E-state index in [2.05, 4.69) is 16.9 Å². The van der Waals surface area contributed by atoms with Crippen molar-refractivity contribution in [2.24, 2.45) is 0 Å². The number of aromatic nitrogens is 3. The molecule has 2 aromatic rings. The lowest BCUT2D eigenvalue weighted by Gasteiger charge is -2.24. The predicted molar refractivity (Wildman–Crippen MR) is 89.3 cm³/mol. The van der Waals surface area contributed by atoms with Crippen molar-refractivity contribution in [2.45, 2.75) is 57.8 Å². The summed E-state index contributed by atoms with van der Waals surface area (Å²) in [4.78, 5) is 8.17. The molecule has 23 heavy (non-hydrogen) atoms. The second-order valence-electron chi connectivity index (χ2n) is 5.92. The zero-order chi connectivity index (χ0) is 17.0. The Balaban J connectivity index is 2.32. The highest BCUT2D eigenvalue weighted by Crippen LogP contribution is 2.21. The van der Waals surface area contributed by atoms with Crippen molar-refractivity contribution < 1.29 is 8.42 Å². The summed E-state index contributed by atoms with van der Waals surface area (Å²) in [5.41, 5.74) is 0.853. The van der Waals surface area contributed by atoms with Crippen LogP contribution in [0.2, 0.25) is 0 Å². The molecule has 126 valence electrons. The van der Waals surface area contributed by atoms with Crippen LogP contribution in [0.5, 0.6) is 0 Å². The highest BCUT2D eigenvalue weighted by molar-refractivity contribution is 7.89. The first-order valence-corrected chi connectivity index (χ1v) is 9.24. The minimum Gasteiger partial charge on any atom is -0.333 e. The molecule has 1 atom stereocenters. The fourth-order valence-corrected chi connectivity index (χ4v) is 3.79. The van der Waals surface area contributed by atoms with E-state index in [1.807, 2.05) is 31.4 Å². The summed E-state index contributed by atoms with van der Waals surface area (Å²) in [7, 11) is -3.65. The molecule has 0 aliphatic heterocycles. The summed E-state index contributed by atoms with van der Waals surface area (Å²) in [6, 6.07) is 3.72. The maximum Gasteiger partial charge on any atom is 0.262 e. The van der Waals surface area contributed by atoms with Gasteiger partial charge in [0.05, 0.1) is 6.33 Å². The van der Waals surface area contributed by atoms with E-state index in [1.165, 1.54) is 4.31 Å². The normalized spacial score (nSPS) is 13.7. The van der Waals surface area contributed by atoms with E-state index in [9.17, 15) is 8.42 Å². The van der Waals surface area contributed by atoms with Crippen LogP contribution in [0.15, 0.2) is 42.1 Å². The SMILES string of the molecule is CC[C@H](C)n1cnc(S(=O)(=O)N(Cc2cccnc2)C(C)C)c1. The number of pyridine rings is 1. The van der Waals surface area contributed by atoms with E-state index < -0.39 is 10.0 Å². The molecule has 2 aromatic heterocycles. The lowest BCUT2D eigenvalue weighted by atomic mass is 10.2. The van der Waals surface area contributed by atoms with E-state index in [4.69, 9.17) is 0 Å². The lowest BCUT2D eigenvalue weighted by Crippen LogP contribution is -2.36. The average molecular weight is 336 g/mol. The molecule has 0 radical (unpaired) electrons. The molecule has 2 heterocycles. The van der Waals surface area contributed by atoms with Gasteiger partial charge in [-0.1, -0.05) is 13.0 Å². The molecule has 0 unspecified atom stereocenters. The van der Waals surface area contributed by atoms with Gasteiger partial charge in [-0.05, 0) is 38.8 Å². The molecular weight excluding hydrogens is 312 g/mol. The van der Waals surface area contributed by atoms with Crippen LogP contribution < -0.4 is 0 Å². The molecule has 7 heteroatoms. The van der Waals surface area contributed by atoms with E-state index in [0.29, 0.717) is 0 Å². The topological polar surface area (TPSA) is 68.1 Å². The molecule has 0 N–H and O–H groups in total. The molecule has 0 fully saturated rings. The van der Waals surface area contributed by atoms with Gasteiger partial charge < -0.3 is 4.57 Å². The van der Waals surface area contributed by atoms with Gasteiger partial charge in [0.25, 0.3) is 10.0 Å². The van der Waals surface area contributed by atoms with Crippen LogP contribution in [-0.4, -0.2) is 33.3 Å². The zero-order valence-electron chi connectivity index (χ0n) is 14.0. The van der Waals surface area contributed by atoms with Gasteiger partial charge in [0.2, 0.25) is 0 Å². The number of nitrogens with zero attached hydrogens (tertiary/aromatic N) is 4. The zero-order valence-corrected chi connectivity index (χ0v) is 14.9. The summed E-state index contributed by atoms with van der Waals surface area (Å²) in [6.45, 7) is 8.10. The van der Waals surface area contributed by atoms with Crippen molar-refractivity contribution in [3.8, 4) is 0 Å². The Morgan fingerprint density at radius 2 is 2.04 bits per heavy atom. The summed E-state index contributed by atoms with van der Waals surface area (Å²) in [6.07, 6.45) is 7.47. The Morgan fingerprint density at radius 3 is 2.61 bits per heavy atom. The maximum absolute atomic E-state index is 12.9. The third-order valence-electron chi connectivity index (χ3n) is 3.89. The van der Waals surface area contributed by atoms with E-state index in [1.54, 1.807) is 31.0 Å². The first kappa shape index (κ1) is 17.6. The van der Waals surface area contributed by atoms with Crippen LogP contribution >= 0.6 is 0 Å². The molecule has 2 rings (SSSR count). The van der Waals surface area contributed by atoms with Crippen molar-refractivity contribution in [3.05, 3.63) is 42.6 Å². The lowest BCUT2D eigenvalue weighted by molar-refractivity contribution is 0.346.